The summed E-state index contributed by atoms with van der Waals surface area (Å²) in [7, 11) is 1.58. The van der Waals surface area contributed by atoms with Crippen LogP contribution < -0.4 is 4.74 Å². The lowest BCUT2D eigenvalue weighted by molar-refractivity contribution is -0.143. The minimum absolute atomic E-state index is 0.0184. The summed E-state index contributed by atoms with van der Waals surface area (Å²) < 4.78 is 11.8. The normalized spacial score (nSPS) is 14.9. The van der Waals surface area contributed by atoms with Crippen LogP contribution >= 0.6 is 0 Å². The largest absolute Gasteiger partial charge is 0.497 e. The van der Waals surface area contributed by atoms with Crippen LogP contribution in [-0.2, 0) is 16.1 Å². The smallest absolute Gasteiger partial charge is 0.327 e. The molecule has 1 fully saturated rings. The summed E-state index contributed by atoms with van der Waals surface area (Å²) in [5.74, 6) is 0.406. The van der Waals surface area contributed by atoms with Crippen LogP contribution in [0.3, 0.4) is 0 Å². The van der Waals surface area contributed by atoms with Crippen molar-refractivity contribution in [2.24, 2.45) is 5.92 Å². The van der Waals surface area contributed by atoms with Crippen LogP contribution in [0.15, 0.2) is 18.2 Å². The van der Waals surface area contributed by atoms with Crippen LogP contribution in [0, 0.1) is 5.92 Å². The molecule has 1 saturated carbocycles. The van der Waals surface area contributed by atoms with E-state index in [0.29, 0.717) is 23.6 Å². The molecule has 1 aliphatic carbocycles. The van der Waals surface area contributed by atoms with E-state index in [9.17, 15) is 9.59 Å². The summed E-state index contributed by atoms with van der Waals surface area (Å²) in [4.78, 5) is 24.7. The van der Waals surface area contributed by atoms with Gasteiger partial charge in [-0.15, -0.1) is 0 Å². The van der Waals surface area contributed by atoms with Gasteiger partial charge in [-0.1, -0.05) is 12.8 Å². The van der Waals surface area contributed by atoms with Gasteiger partial charge in [0.2, 0.25) is 0 Å². The van der Waals surface area contributed by atoms with E-state index in [-0.39, 0.29) is 24.2 Å². The first-order valence-electron chi connectivity index (χ1n) is 8.38. The van der Waals surface area contributed by atoms with Gasteiger partial charge in [-0.3, -0.25) is 14.3 Å². The zero-order valence-electron chi connectivity index (χ0n) is 14.1. The number of Topliss-reactive ketones (excluding diaryl/α,β-unsaturated/α-hetero) is 1. The van der Waals surface area contributed by atoms with Crippen molar-refractivity contribution in [2.75, 3.05) is 13.7 Å². The van der Waals surface area contributed by atoms with Gasteiger partial charge >= 0.3 is 5.97 Å². The SMILES string of the molecule is CCOC(=O)Cn1nc(C(=O)C2CCCC2)c2ccc(OC)cc21. The van der Waals surface area contributed by atoms with E-state index in [4.69, 9.17) is 9.47 Å². The van der Waals surface area contributed by atoms with Gasteiger partial charge in [-0.05, 0) is 31.9 Å². The summed E-state index contributed by atoms with van der Waals surface area (Å²) >= 11 is 0. The number of rotatable bonds is 6. The Hall–Kier alpha value is -2.37. The molecule has 0 saturated heterocycles. The lowest BCUT2D eigenvalue weighted by Crippen LogP contribution is -2.16. The van der Waals surface area contributed by atoms with Crippen LogP contribution in [0.1, 0.15) is 43.1 Å². The Labute approximate surface area is 140 Å². The second-order valence-corrected chi connectivity index (χ2v) is 6.04. The van der Waals surface area contributed by atoms with Crippen LogP contribution in [0.2, 0.25) is 0 Å². The number of hydrogen-bond donors (Lipinski definition) is 0. The predicted molar refractivity (Wildman–Crippen MR) is 89.2 cm³/mol. The number of hydrogen-bond acceptors (Lipinski definition) is 5. The van der Waals surface area contributed by atoms with E-state index in [1.807, 2.05) is 12.1 Å². The van der Waals surface area contributed by atoms with Crippen molar-refractivity contribution in [1.82, 2.24) is 9.78 Å². The zero-order valence-corrected chi connectivity index (χ0v) is 14.1. The van der Waals surface area contributed by atoms with Crippen LogP contribution in [-0.4, -0.2) is 35.2 Å². The molecule has 0 amide bonds. The second-order valence-electron chi connectivity index (χ2n) is 6.04. The van der Waals surface area contributed by atoms with E-state index in [2.05, 4.69) is 5.10 Å². The number of methoxy groups -OCH3 is 1. The number of carbonyl (C=O) groups excluding carboxylic acids is 2. The Morgan fingerprint density at radius 1 is 1.29 bits per heavy atom. The van der Waals surface area contributed by atoms with Crippen molar-refractivity contribution in [3.63, 3.8) is 0 Å². The van der Waals surface area contributed by atoms with E-state index in [0.717, 1.165) is 31.1 Å². The fourth-order valence-corrected chi connectivity index (χ4v) is 3.29. The number of ether oxygens (including phenoxy) is 2. The Bertz CT molecular complexity index is 760. The van der Waals surface area contributed by atoms with Gasteiger partial charge in [-0.2, -0.15) is 5.10 Å². The third-order valence-electron chi connectivity index (χ3n) is 4.50. The molecule has 0 unspecified atom stereocenters. The standard InChI is InChI=1S/C18H22N2O4/c1-3-24-16(21)11-20-15-10-13(23-2)8-9-14(15)17(19-20)18(22)12-6-4-5-7-12/h8-10,12H,3-7,11H2,1-2H3. The number of aromatic nitrogens is 2. The van der Waals surface area contributed by atoms with Gasteiger partial charge < -0.3 is 9.47 Å². The molecule has 0 N–H and O–H groups in total. The molecule has 6 heteroatoms. The van der Waals surface area contributed by atoms with Crippen LogP contribution in [0.5, 0.6) is 5.75 Å². The number of benzene rings is 1. The maximum atomic E-state index is 12.8. The molecule has 24 heavy (non-hydrogen) atoms. The fourth-order valence-electron chi connectivity index (χ4n) is 3.29. The van der Waals surface area contributed by atoms with Gasteiger partial charge in [0.25, 0.3) is 0 Å². The Balaban J connectivity index is 2.02. The third-order valence-corrected chi connectivity index (χ3v) is 4.50. The maximum Gasteiger partial charge on any atom is 0.327 e. The zero-order chi connectivity index (χ0) is 17.1. The number of nitrogens with zero attached hydrogens (tertiary/aromatic N) is 2. The summed E-state index contributed by atoms with van der Waals surface area (Å²) in [6, 6.07) is 5.45. The molecule has 0 bridgehead atoms. The molecule has 1 aliphatic rings. The minimum Gasteiger partial charge on any atom is -0.497 e. The lowest BCUT2D eigenvalue weighted by atomic mass is 9.98. The van der Waals surface area contributed by atoms with Gasteiger partial charge in [0, 0.05) is 17.4 Å². The average Bonchev–Trinajstić information content (AvgIpc) is 3.22. The van der Waals surface area contributed by atoms with E-state index >= 15 is 0 Å². The Morgan fingerprint density at radius 2 is 2.04 bits per heavy atom. The number of esters is 1. The first-order chi connectivity index (χ1) is 11.6. The number of fused-ring (bicyclic) bond motifs is 1. The summed E-state index contributed by atoms with van der Waals surface area (Å²) in [6.07, 6.45) is 4.01. The number of ketones is 1. The van der Waals surface area contributed by atoms with Gasteiger partial charge in [0.1, 0.15) is 18.0 Å². The highest BCUT2D eigenvalue weighted by molar-refractivity contribution is 6.07. The van der Waals surface area contributed by atoms with Crippen molar-refractivity contribution in [1.29, 1.82) is 0 Å². The average molecular weight is 330 g/mol. The monoisotopic (exact) mass is 330 g/mol. The predicted octanol–water partition coefficient (Wildman–Crippen LogP) is 2.98. The van der Waals surface area contributed by atoms with Gasteiger partial charge in [0.05, 0.1) is 19.2 Å². The summed E-state index contributed by atoms with van der Waals surface area (Å²) in [6.45, 7) is 2.06. The van der Waals surface area contributed by atoms with Crippen molar-refractivity contribution < 1.29 is 19.1 Å². The van der Waals surface area contributed by atoms with Crippen molar-refractivity contribution >= 4 is 22.7 Å². The first-order valence-corrected chi connectivity index (χ1v) is 8.38. The first kappa shape index (κ1) is 16.5. The molecular weight excluding hydrogens is 308 g/mol. The highest BCUT2D eigenvalue weighted by Crippen LogP contribution is 2.31. The Morgan fingerprint density at radius 3 is 2.71 bits per heavy atom. The van der Waals surface area contributed by atoms with Gasteiger partial charge in [-0.25, -0.2) is 0 Å². The maximum absolute atomic E-state index is 12.8. The van der Waals surface area contributed by atoms with Gasteiger partial charge in [0.15, 0.2) is 5.78 Å². The molecule has 1 aromatic carbocycles. The highest BCUT2D eigenvalue weighted by atomic mass is 16.5. The van der Waals surface area contributed by atoms with E-state index in [1.54, 1.807) is 20.1 Å². The molecule has 0 radical (unpaired) electrons. The molecule has 2 aromatic rings. The molecule has 0 aliphatic heterocycles. The Kier molecular flexibility index (Phi) is 4.83. The molecule has 0 atom stereocenters. The van der Waals surface area contributed by atoms with Crippen molar-refractivity contribution in [3.05, 3.63) is 23.9 Å². The molecule has 0 spiro atoms. The molecule has 1 heterocycles. The minimum atomic E-state index is -0.371. The molecule has 128 valence electrons. The molecule has 3 rings (SSSR count). The second kappa shape index (κ2) is 7.03. The molecule has 1 aromatic heterocycles. The summed E-state index contributed by atoms with van der Waals surface area (Å²) in [5.41, 5.74) is 1.16. The van der Waals surface area contributed by atoms with E-state index < -0.39 is 0 Å². The van der Waals surface area contributed by atoms with Crippen molar-refractivity contribution in [2.45, 2.75) is 39.2 Å². The molecule has 6 nitrogen and oxygen atoms in total. The topological polar surface area (TPSA) is 70.4 Å². The van der Waals surface area contributed by atoms with Crippen LogP contribution in [0.4, 0.5) is 0 Å². The highest BCUT2D eigenvalue weighted by Gasteiger charge is 2.28. The van der Waals surface area contributed by atoms with Crippen molar-refractivity contribution in [3.8, 4) is 5.75 Å². The quantitative estimate of drug-likeness (QED) is 0.601. The third kappa shape index (κ3) is 3.13. The molecular formula is C18H22N2O4. The van der Waals surface area contributed by atoms with E-state index in [1.165, 1.54) is 4.68 Å². The van der Waals surface area contributed by atoms with Crippen LogP contribution in [0.25, 0.3) is 10.9 Å². The summed E-state index contributed by atoms with van der Waals surface area (Å²) in [5, 5.41) is 5.20. The fraction of sp³-hybridized carbons (Fsp3) is 0.500. The lowest BCUT2D eigenvalue weighted by Gasteiger charge is -2.05. The number of carbonyl (C=O) groups is 2.